The van der Waals surface area contributed by atoms with Crippen LogP contribution in [0, 0.1) is 0 Å². The number of carboxylic acids is 1. The quantitative estimate of drug-likeness (QED) is 0.474. The Morgan fingerprint density at radius 3 is 2.33 bits per heavy atom. The van der Waals surface area contributed by atoms with Gasteiger partial charge in [0.25, 0.3) is 0 Å². The van der Waals surface area contributed by atoms with Gasteiger partial charge in [-0.3, -0.25) is 9.59 Å². The van der Waals surface area contributed by atoms with E-state index in [1.807, 2.05) is 0 Å². The van der Waals surface area contributed by atoms with Gasteiger partial charge in [0, 0.05) is 12.8 Å². The van der Waals surface area contributed by atoms with Gasteiger partial charge in [-0.1, -0.05) is 19.8 Å². The van der Waals surface area contributed by atoms with Gasteiger partial charge in [0.05, 0.1) is 6.61 Å². The maximum atomic E-state index is 11.1. The summed E-state index contributed by atoms with van der Waals surface area (Å²) in [6.45, 7) is 2.58. The van der Waals surface area contributed by atoms with Crippen LogP contribution < -0.4 is 0 Å². The van der Waals surface area contributed by atoms with Crippen molar-refractivity contribution in [1.29, 1.82) is 0 Å². The average Bonchev–Trinajstić information content (AvgIpc) is 2.19. The highest BCUT2D eigenvalue weighted by molar-refractivity contribution is 5.69. The molecule has 4 heteroatoms. The number of carbonyl (C=O) groups is 2. The molecule has 0 amide bonds. The van der Waals surface area contributed by atoms with Crippen molar-refractivity contribution in [3.8, 4) is 0 Å². The minimum absolute atomic E-state index is 0.128. The third-order valence-electron chi connectivity index (χ3n) is 2.03. The van der Waals surface area contributed by atoms with Gasteiger partial charge in [0.1, 0.15) is 0 Å². The van der Waals surface area contributed by atoms with Crippen molar-refractivity contribution in [1.82, 2.24) is 0 Å². The highest BCUT2D eigenvalue weighted by Gasteiger charge is 2.03. The number of carboxylic acid groups (broad SMARTS) is 1. The van der Waals surface area contributed by atoms with E-state index in [9.17, 15) is 9.59 Å². The van der Waals surface area contributed by atoms with Crippen LogP contribution in [0.1, 0.15) is 51.9 Å². The highest BCUT2D eigenvalue weighted by atomic mass is 16.5. The maximum Gasteiger partial charge on any atom is 0.305 e. The molecule has 0 aromatic rings. The number of unbranched alkanes of at least 4 members (excludes halogenated alkanes) is 3. The molecular formula is C11H20O4. The van der Waals surface area contributed by atoms with E-state index >= 15 is 0 Å². The van der Waals surface area contributed by atoms with Crippen molar-refractivity contribution in [3.63, 3.8) is 0 Å². The van der Waals surface area contributed by atoms with E-state index < -0.39 is 5.97 Å². The number of aliphatic carboxylic acids is 1. The maximum absolute atomic E-state index is 11.1. The molecule has 4 nitrogen and oxygen atoms in total. The van der Waals surface area contributed by atoms with Crippen molar-refractivity contribution in [2.75, 3.05) is 6.61 Å². The van der Waals surface area contributed by atoms with E-state index in [2.05, 4.69) is 6.92 Å². The Bertz CT molecular complexity index is 189. The van der Waals surface area contributed by atoms with Crippen LogP contribution in [0.3, 0.4) is 0 Å². The summed E-state index contributed by atoms with van der Waals surface area (Å²) >= 11 is 0. The highest BCUT2D eigenvalue weighted by Crippen LogP contribution is 2.02. The molecule has 1 N–H and O–H groups in total. The standard InChI is InChI=1S/C11H20O4/c1-2-3-6-9-15-11(14)8-5-4-7-10(12)13/h2-9H2,1H3,(H,12,13). The molecule has 0 heterocycles. The largest absolute Gasteiger partial charge is 0.481 e. The first kappa shape index (κ1) is 13.9. The Morgan fingerprint density at radius 1 is 1.07 bits per heavy atom. The second-order valence-corrected chi connectivity index (χ2v) is 3.53. The van der Waals surface area contributed by atoms with Crippen LogP contribution >= 0.6 is 0 Å². The summed E-state index contributed by atoms with van der Waals surface area (Å²) in [6, 6.07) is 0. The van der Waals surface area contributed by atoms with Crippen LogP contribution in [0.4, 0.5) is 0 Å². The van der Waals surface area contributed by atoms with E-state index in [-0.39, 0.29) is 12.4 Å². The molecule has 0 unspecified atom stereocenters. The molecule has 0 atom stereocenters. The zero-order chi connectivity index (χ0) is 11.5. The summed E-state index contributed by atoms with van der Waals surface area (Å²) < 4.78 is 4.96. The van der Waals surface area contributed by atoms with Gasteiger partial charge < -0.3 is 9.84 Å². The monoisotopic (exact) mass is 216 g/mol. The first-order valence-corrected chi connectivity index (χ1v) is 5.54. The Balaban J connectivity index is 3.22. The third-order valence-corrected chi connectivity index (χ3v) is 2.03. The Morgan fingerprint density at radius 2 is 1.73 bits per heavy atom. The molecule has 0 spiro atoms. The molecule has 0 rings (SSSR count). The molecule has 0 saturated carbocycles. The number of rotatable bonds is 9. The normalized spacial score (nSPS) is 9.93. The van der Waals surface area contributed by atoms with Gasteiger partial charge in [-0.2, -0.15) is 0 Å². The summed E-state index contributed by atoms with van der Waals surface area (Å²) in [7, 11) is 0. The molecule has 88 valence electrons. The molecule has 0 aliphatic rings. The van der Waals surface area contributed by atoms with Crippen LogP contribution in [0.2, 0.25) is 0 Å². The zero-order valence-corrected chi connectivity index (χ0v) is 9.33. The lowest BCUT2D eigenvalue weighted by molar-refractivity contribution is -0.144. The molecule has 0 saturated heterocycles. The molecule has 0 bridgehead atoms. The number of hydrogen-bond donors (Lipinski definition) is 1. The van der Waals surface area contributed by atoms with Crippen molar-refractivity contribution >= 4 is 11.9 Å². The average molecular weight is 216 g/mol. The van der Waals surface area contributed by atoms with E-state index in [1.54, 1.807) is 0 Å². The topological polar surface area (TPSA) is 63.6 Å². The zero-order valence-electron chi connectivity index (χ0n) is 9.33. The molecule has 0 aromatic heterocycles. The molecule has 0 fully saturated rings. The van der Waals surface area contributed by atoms with Gasteiger partial charge in [0.15, 0.2) is 0 Å². The predicted octanol–water partition coefficient (Wildman–Crippen LogP) is 2.36. The van der Waals surface area contributed by atoms with Crippen molar-refractivity contribution < 1.29 is 19.4 Å². The fourth-order valence-corrected chi connectivity index (χ4v) is 1.16. The Labute approximate surface area is 90.6 Å². The summed E-state index contributed by atoms with van der Waals surface area (Å²) in [5.74, 6) is -1.03. The van der Waals surface area contributed by atoms with E-state index in [0.29, 0.717) is 25.9 Å². The van der Waals surface area contributed by atoms with Gasteiger partial charge in [-0.25, -0.2) is 0 Å². The molecular weight excluding hydrogens is 196 g/mol. The first-order valence-electron chi connectivity index (χ1n) is 5.54. The SMILES string of the molecule is CCCCCOC(=O)CCCCC(=O)O. The number of hydrogen-bond acceptors (Lipinski definition) is 3. The second-order valence-electron chi connectivity index (χ2n) is 3.53. The Hall–Kier alpha value is -1.06. The van der Waals surface area contributed by atoms with Crippen LogP contribution in [-0.4, -0.2) is 23.7 Å². The lowest BCUT2D eigenvalue weighted by atomic mass is 10.2. The summed E-state index contributed by atoms with van der Waals surface area (Å²) in [5, 5.41) is 8.36. The van der Waals surface area contributed by atoms with Crippen LogP contribution in [0.15, 0.2) is 0 Å². The predicted molar refractivity (Wildman–Crippen MR) is 56.6 cm³/mol. The molecule has 0 radical (unpaired) electrons. The lowest BCUT2D eigenvalue weighted by Gasteiger charge is -2.03. The summed E-state index contributed by atoms with van der Waals surface area (Å²) in [6.07, 6.45) is 4.70. The fourth-order valence-electron chi connectivity index (χ4n) is 1.16. The van der Waals surface area contributed by atoms with Crippen molar-refractivity contribution in [2.45, 2.75) is 51.9 Å². The number of ether oxygens (including phenoxy) is 1. The van der Waals surface area contributed by atoms with Gasteiger partial charge >= 0.3 is 11.9 Å². The molecule has 0 aromatic carbocycles. The second kappa shape index (κ2) is 9.49. The van der Waals surface area contributed by atoms with Gasteiger partial charge in [-0.15, -0.1) is 0 Å². The van der Waals surface area contributed by atoms with Gasteiger partial charge in [-0.05, 0) is 19.3 Å². The van der Waals surface area contributed by atoms with E-state index in [4.69, 9.17) is 9.84 Å². The van der Waals surface area contributed by atoms with Crippen molar-refractivity contribution in [3.05, 3.63) is 0 Å². The van der Waals surface area contributed by atoms with Crippen LogP contribution in [0.5, 0.6) is 0 Å². The summed E-state index contributed by atoms with van der Waals surface area (Å²) in [4.78, 5) is 21.3. The minimum Gasteiger partial charge on any atom is -0.481 e. The Kier molecular flexibility index (Phi) is 8.82. The fraction of sp³-hybridized carbons (Fsp3) is 0.818. The molecule has 0 aliphatic heterocycles. The smallest absolute Gasteiger partial charge is 0.305 e. The lowest BCUT2D eigenvalue weighted by Crippen LogP contribution is -2.06. The molecule has 15 heavy (non-hydrogen) atoms. The molecule has 0 aliphatic carbocycles. The van der Waals surface area contributed by atoms with Crippen LogP contribution in [0.25, 0.3) is 0 Å². The summed E-state index contributed by atoms with van der Waals surface area (Å²) in [5.41, 5.74) is 0. The van der Waals surface area contributed by atoms with Gasteiger partial charge in [0.2, 0.25) is 0 Å². The first-order chi connectivity index (χ1) is 7.16. The van der Waals surface area contributed by atoms with E-state index in [0.717, 1.165) is 19.3 Å². The van der Waals surface area contributed by atoms with Crippen LogP contribution in [-0.2, 0) is 14.3 Å². The number of carbonyl (C=O) groups excluding carboxylic acids is 1. The van der Waals surface area contributed by atoms with E-state index in [1.165, 1.54) is 0 Å². The third kappa shape index (κ3) is 10.9. The van der Waals surface area contributed by atoms with Crippen molar-refractivity contribution in [2.24, 2.45) is 0 Å². The minimum atomic E-state index is -0.814. The number of esters is 1.